The molecule has 1 atom stereocenters. The highest BCUT2D eigenvalue weighted by molar-refractivity contribution is 5.78. The molecule has 1 aromatic rings. The zero-order chi connectivity index (χ0) is 12.7. The number of carbonyl (C=O) groups is 1. The van der Waals surface area contributed by atoms with Gasteiger partial charge >= 0.3 is 0 Å². The first-order valence-electron chi connectivity index (χ1n) is 5.50. The van der Waals surface area contributed by atoms with Crippen LogP contribution in [0, 0.1) is 5.82 Å². The molecule has 3 nitrogen and oxygen atoms in total. The molecule has 0 heterocycles. The van der Waals surface area contributed by atoms with Crippen molar-refractivity contribution >= 4 is 5.91 Å². The molecule has 0 saturated carbocycles. The van der Waals surface area contributed by atoms with Crippen LogP contribution in [-0.2, 0) is 4.79 Å². The topological polar surface area (TPSA) is 41.1 Å². The fraction of sp³-hybridized carbons (Fsp3) is 0.308. The van der Waals surface area contributed by atoms with Crippen LogP contribution in [0.2, 0.25) is 0 Å². The van der Waals surface area contributed by atoms with Crippen molar-refractivity contribution in [3.05, 3.63) is 48.3 Å². The second-order valence-electron chi connectivity index (χ2n) is 3.76. The molecule has 4 heteroatoms. The average molecular weight is 236 g/mol. The molecule has 2 N–H and O–H groups in total. The van der Waals surface area contributed by atoms with E-state index in [2.05, 4.69) is 17.2 Å². The van der Waals surface area contributed by atoms with E-state index < -0.39 is 0 Å². The minimum absolute atomic E-state index is 0.0938. The third-order valence-electron chi connectivity index (χ3n) is 2.32. The number of hydrogen-bond acceptors (Lipinski definition) is 2. The van der Waals surface area contributed by atoms with Crippen LogP contribution in [0.25, 0.3) is 0 Å². The molecular weight excluding hydrogens is 219 g/mol. The molecule has 0 aliphatic rings. The van der Waals surface area contributed by atoms with Gasteiger partial charge in [0, 0.05) is 6.54 Å². The van der Waals surface area contributed by atoms with E-state index in [0.29, 0.717) is 6.54 Å². The predicted molar refractivity (Wildman–Crippen MR) is 66.0 cm³/mol. The molecule has 0 saturated heterocycles. The van der Waals surface area contributed by atoms with Crippen LogP contribution in [0.15, 0.2) is 36.9 Å². The van der Waals surface area contributed by atoms with Gasteiger partial charge in [-0.25, -0.2) is 4.39 Å². The second kappa shape index (κ2) is 6.81. The van der Waals surface area contributed by atoms with Gasteiger partial charge in [-0.1, -0.05) is 18.2 Å². The van der Waals surface area contributed by atoms with Crippen LogP contribution in [-0.4, -0.2) is 19.0 Å². The van der Waals surface area contributed by atoms with Crippen LogP contribution in [0.5, 0.6) is 0 Å². The Kier molecular flexibility index (Phi) is 5.36. The van der Waals surface area contributed by atoms with E-state index in [1.807, 2.05) is 6.92 Å². The van der Waals surface area contributed by atoms with Gasteiger partial charge in [0.25, 0.3) is 0 Å². The Bertz CT molecular complexity index is 376. The summed E-state index contributed by atoms with van der Waals surface area (Å²) in [5.74, 6) is -0.372. The van der Waals surface area contributed by atoms with Gasteiger partial charge in [0.15, 0.2) is 0 Å². The van der Waals surface area contributed by atoms with Crippen molar-refractivity contribution in [1.82, 2.24) is 10.6 Å². The minimum Gasteiger partial charge on any atom is -0.348 e. The Labute approximate surface area is 101 Å². The summed E-state index contributed by atoms with van der Waals surface area (Å²) in [7, 11) is 0. The van der Waals surface area contributed by atoms with Gasteiger partial charge in [-0.3, -0.25) is 4.79 Å². The number of hydrogen-bond donors (Lipinski definition) is 2. The maximum absolute atomic E-state index is 12.7. The van der Waals surface area contributed by atoms with Crippen LogP contribution in [0.1, 0.15) is 18.5 Å². The standard InChI is InChI=1S/C13H17FN2O/c1-3-8-15-9-13(17)16-10(2)11-4-6-12(14)7-5-11/h3-7,10,15H,1,8-9H2,2H3,(H,16,17)/t10-/m0/s1. The van der Waals surface area contributed by atoms with E-state index in [1.165, 1.54) is 12.1 Å². The van der Waals surface area contributed by atoms with Gasteiger partial charge < -0.3 is 10.6 Å². The van der Waals surface area contributed by atoms with E-state index in [1.54, 1.807) is 18.2 Å². The molecule has 1 aromatic carbocycles. The fourth-order valence-electron chi connectivity index (χ4n) is 1.42. The van der Waals surface area contributed by atoms with Gasteiger partial charge in [0.05, 0.1) is 12.6 Å². The Morgan fingerprint density at radius 2 is 2.12 bits per heavy atom. The van der Waals surface area contributed by atoms with E-state index in [-0.39, 0.29) is 24.3 Å². The van der Waals surface area contributed by atoms with Crippen LogP contribution < -0.4 is 10.6 Å². The first-order chi connectivity index (χ1) is 8.13. The quantitative estimate of drug-likeness (QED) is 0.584. The van der Waals surface area contributed by atoms with Crippen molar-refractivity contribution in [2.24, 2.45) is 0 Å². The number of halogens is 1. The number of amides is 1. The number of benzene rings is 1. The Morgan fingerprint density at radius 3 is 2.71 bits per heavy atom. The molecular formula is C13H17FN2O. The lowest BCUT2D eigenvalue weighted by Crippen LogP contribution is -2.35. The van der Waals surface area contributed by atoms with Crippen molar-refractivity contribution in [3.8, 4) is 0 Å². The third-order valence-corrected chi connectivity index (χ3v) is 2.32. The molecule has 17 heavy (non-hydrogen) atoms. The smallest absolute Gasteiger partial charge is 0.234 e. The highest BCUT2D eigenvalue weighted by Crippen LogP contribution is 2.12. The van der Waals surface area contributed by atoms with Crippen molar-refractivity contribution in [2.45, 2.75) is 13.0 Å². The molecule has 92 valence electrons. The highest BCUT2D eigenvalue weighted by Gasteiger charge is 2.08. The number of nitrogens with one attached hydrogen (secondary N) is 2. The second-order valence-corrected chi connectivity index (χ2v) is 3.76. The van der Waals surface area contributed by atoms with Gasteiger partial charge in [0.2, 0.25) is 5.91 Å². The maximum Gasteiger partial charge on any atom is 0.234 e. The Hall–Kier alpha value is -1.68. The first kappa shape index (κ1) is 13.4. The molecule has 0 spiro atoms. The molecule has 0 aromatic heterocycles. The maximum atomic E-state index is 12.7. The van der Waals surface area contributed by atoms with Crippen molar-refractivity contribution in [1.29, 1.82) is 0 Å². The zero-order valence-corrected chi connectivity index (χ0v) is 9.87. The van der Waals surface area contributed by atoms with E-state index in [4.69, 9.17) is 0 Å². The molecule has 0 aliphatic heterocycles. The van der Waals surface area contributed by atoms with Crippen molar-refractivity contribution in [3.63, 3.8) is 0 Å². The SMILES string of the molecule is C=CCNCC(=O)N[C@@H](C)c1ccc(F)cc1. The summed E-state index contributed by atoms with van der Waals surface area (Å²) in [4.78, 5) is 11.5. The lowest BCUT2D eigenvalue weighted by atomic mass is 10.1. The van der Waals surface area contributed by atoms with Crippen LogP contribution in [0.3, 0.4) is 0 Å². The summed E-state index contributed by atoms with van der Waals surface area (Å²) >= 11 is 0. The Balaban J connectivity index is 2.42. The summed E-state index contributed by atoms with van der Waals surface area (Å²) in [6.07, 6.45) is 1.69. The van der Waals surface area contributed by atoms with Gasteiger partial charge in [-0.15, -0.1) is 6.58 Å². The zero-order valence-electron chi connectivity index (χ0n) is 9.87. The normalized spacial score (nSPS) is 11.9. The van der Waals surface area contributed by atoms with Gasteiger partial charge in [-0.2, -0.15) is 0 Å². The van der Waals surface area contributed by atoms with Crippen molar-refractivity contribution in [2.75, 3.05) is 13.1 Å². The van der Waals surface area contributed by atoms with Crippen molar-refractivity contribution < 1.29 is 9.18 Å². The van der Waals surface area contributed by atoms with E-state index in [9.17, 15) is 9.18 Å². The lowest BCUT2D eigenvalue weighted by Gasteiger charge is -2.14. The molecule has 0 bridgehead atoms. The molecule has 0 unspecified atom stereocenters. The molecule has 1 amide bonds. The number of rotatable bonds is 6. The van der Waals surface area contributed by atoms with Crippen LogP contribution >= 0.6 is 0 Å². The molecule has 1 rings (SSSR count). The Morgan fingerprint density at radius 1 is 1.47 bits per heavy atom. The predicted octanol–water partition coefficient (Wildman–Crippen LogP) is 1.78. The molecule has 0 fully saturated rings. The monoisotopic (exact) mass is 236 g/mol. The lowest BCUT2D eigenvalue weighted by molar-refractivity contribution is -0.120. The summed E-state index contributed by atoms with van der Waals surface area (Å²) in [5, 5.41) is 5.73. The summed E-state index contributed by atoms with van der Waals surface area (Å²) in [6.45, 7) is 6.25. The summed E-state index contributed by atoms with van der Waals surface area (Å²) in [6, 6.07) is 5.96. The summed E-state index contributed by atoms with van der Waals surface area (Å²) in [5.41, 5.74) is 0.878. The van der Waals surface area contributed by atoms with Crippen LogP contribution in [0.4, 0.5) is 4.39 Å². The largest absolute Gasteiger partial charge is 0.348 e. The third kappa shape index (κ3) is 4.78. The minimum atomic E-state index is -0.278. The van der Waals surface area contributed by atoms with Gasteiger partial charge in [0.1, 0.15) is 5.82 Å². The fourth-order valence-corrected chi connectivity index (χ4v) is 1.42. The summed E-state index contributed by atoms with van der Waals surface area (Å²) < 4.78 is 12.7. The van der Waals surface area contributed by atoms with E-state index >= 15 is 0 Å². The first-order valence-corrected chi connectivity index (χ1v) is 5.50. The van der Waals surface area contributed by atoms with E-state index in [0.717, 1.165) is 5.56 Å². The highest BCUT2D eigenvalue weighted by atomic mass is 19.1. The molecule has 0 radical (unpaired) electrons. The molecule has 0 aliphatic carbocycles. The number of carbonyl (C=O) groups excluding carboxylic acids is 1. The average Bonchev–Trinajstić information content (AvgIpc) is 2.30. The van der Waals surface area contributed by atoms with Gasteiger partial charge in [-0.05, 0) is 24.6 Å².